The fraction of sp³-hybridized carbons (Fsp3) is 0.750. The van der Waals surface area contributed by atoms with Crippen molar-refractivity contribution in [3.8, 4) is 0 Å². The highest BCUT2D eigenvalue weighted by Crippen LogP contribution is 2.27. The van der Waals surface area contributed by atoms with E-state index in [1.165, 1.54) is 4.90 Å². The van der Waals surface area contributed by atoms with Gasteiger partial charge in [0.25, 0.3) is 0 Å². The summed E-state index contributed by atoms with van der Waals surface area (Å²) in [6.07, 6.45) is 0.557. The molecule has 0 aromatic heterocycles. The third-order valence-electron chi connectivity index (χ3n) is 2.18. The summed E-state index contributed by atoms with van der Waals surface area (Å²) in [5, 5.41) is 0. The number of hydrogen-bond acceptors (Lipinski definition) is 3. The van der Waals surface area contributed by atoms with E-state index in [4.69, 9.17) is 45.3 Å². The zero-order chi connectivity index (χ0) is 12.3. The summed E-state index contributed by atoms with van der Waals surface area (Å²) in [6, 6.07) is -0.622. The van der Waals surface area contributed by atoms with Crippen molar-refractivity contribution in [3.05, 3.63) is 0 Å². The zero-order valence-corrected chi connectivity index (χ0v) is 10.6. The monoisotopic (exact) mass is 288 g/mol. The number of amides is 2. The van der Waals surface area contributed by atoms with Crippen LogP contribution in [0.1, 0.15) is 12.8 Å². The SMILES string of the molecule is NC(=O)[C@@H]1CCCN1C(=O)OCC(Cl)(Cl)Cl. The van der Waals surface area contributed by atoms with Crippen LogP contribution in [0.25, 0.3) is 0 Å². The van der Waals surface area contributed by atoms with Gasteiger partial charge in [-0.2, -0.15) is 0 Å². The molecule has 8 heteroatoms. The summed E-state index contributed by atoms with van der Waals surface area (Å²) < 4.78 is 3.10. The average Bonchev–Trinajstić information content (AvgIpc) is 2.61. The number of nitrogens with two attached hydrogens (primary N) is 1. The predicted octanol–water partition coefficient (Wildman–Crippen LogP) is 1.44. The van der Waals surface area contributed by atoms with Gasteiger partial charge in [0.2, 0.25) is 9.70 Å². The van der Waals surface area contributed by atoms with Gasteiger partial charge in [0.05, 0.1) is 0 Å². The first-order valence-corrected chi connectivity index (χ1v) is 5.74. The van der Waals surface area contributed by atoms with E-state index in [0.717, 1.165) is 0 Å². The molecule has 1 heterocycles. The van der Waals surface area contributed by atoms with Crippen molar-refractivity contribution in [1.82, 2.24) is 4.90 Å². The zero-order valence-electron chi connectivity index (χ0n) is 8.29. The van der Waals surface area contributed by atoms with E-state index in [1.807, 2.05) is 0 Å². The summed E-state index contributed by atoms with van der Waals surface area (Å²) in [7, 11) is 0. The van der Waals surface area contributed by atoms with Crippen LogP contribution in [0, 0.1) is 0 Å². The summed E-state index contributed by atoms with van der Waals surface area (Å²) >= 11 is 16.3. The Bertz CT molecular complexity index is 293. The van der Waals surface area contributed by atoms with Gasteiger partial charge in [-0.3, -0.25) is 9.69 Å². The standard InChI is InChI=1S/C8H11Cl3N2O3/c9-8(10,11)4-16-7(15)13-3-1-2-5(13)6(12)14/h5H,1-4H2,(H2,12,14)/t5-/m0/s1. The molecule has 0 unspecified atom stereocenters. The van der Waals surface area contributed by atoms with E-state index in [9.17, 15) is 9.59 Å². The number of carbonyl (C=O) groups is 2. The molecule has 0 aliphatic carbocycles. The fourth-order valence-electron chi connectivity index (χ4n) is 1.51. The maximum atomic E-state index is 11.5. The van der Waals surface area contributed by atoms with Crippen molar-refractivity contribution >= 4 is 46.8 Å². The minimum absolute atomic E-state index is 0.363. The molecule has 0 saturated carbocycles. The van der Waals surface area contributed by atoms with E-state index in [-0.39, 0.29) is 6.61 Å². The van der Waals surface area contributed by atoms with Gasteiger partial charge < -0.3 is 10.5 Å². The maximum absolute atomic E-state index is 11.5. The quantitative estimate of drug-likeness (QED) is 0.782. The Hall–Kier alpha value is -0.390. The predicted molar refractivity (Wildman–Crippen MR) is 60.6 cm³/mol. The number of alkyl halides is 3. The molecule has 5 nitrogen and oxygen atoms in total. The molecule has 0 aromatic carbocycles. The van der Waals surface area contributed by atoms with Crippen LogP contribution < -0.4 is 5.73 Å². The lowest BCUT2D eigenvalue weighted by Gasteiger charge is -2.22. The van der Waals surface area contributed by atoms with Crippen LogP contribution in [0.2, 0.25) is 0 Å². The number of halogens is 3. The van der Waals surface area contributed by atoms with Crippen molar-refractivity contribution in [2.75, 3.05) is 13.2 Å². The highest BCUT2D eigenvalue weighted by atomic mass is 35.6. The van der Waals surface area contributed by atoms with Gasteiger partial charge in [-0.05, 0) is 12.8 Å². The molecule has 2 amide bonds. The molecule has 1 rings (SSSR count). The molecule has 1 saturated heterocycles. The van der Waals surface area contributed by atoms with Gasteiger partial charge in [-0.1, -0.05) is 34.8 Å². The van der Waals surface area contributed by atoms with Gasteiger partial charge in [0.15, 0.2) is 0 Å². The van der Waals surface area contributed by atoms with Crippen molar-refractivity contribution < 1.29 is 14.3 Å². The maximum Gasteiger partial charge on any atom is 0.410 e. The van der Waals surface area contributed by atoms with Crippen molar-refractivity contribution in [3.63, 3.8) is 0 Å². The smallest absolute Gasteiger partial charge is 0.410 e. The summed E-state index contributed by atoms with van der Waals surface area (Å²) in [5.41, 5.74) is 5.14. The summed E-state index contributed by atoms with van der Waals surface area (Å²) in [5.74, 6) is -0.552. The molecule has 2 N–H and O–H groups in total. The lowest BCUT2D eigenvalue weighted by atomic mass is 10.2. The minimum atomic E-state index is -1.66. The molecule has 1 aliphatic heterocycles. The Morgan fingerprint density at radius 3 is 2.56 bits per heavy atom. The topological polar surface area (TPSA) is 72.6 Å². The summed E-state index contributed by atoms with van der Waals surface area (Å²) in [4.78, 5) is 23.8. The van der Waals surface area contributed by atoms with Crippen LogP contribution in [-0.2, 0) is 9.53 Å². The Morgan fingerprint density at radius 2 is 2.06 bits per heavy atom. The van der Waals surface area contributed by atoms with Crippen LogP contribution in [0.15, 0.2) is 0 Å². The second-order valence-electron chi connectivity index (χ2n) is 3.42. The van der Waals surface area contributed by atoms with E-state index < -0.39 is 21.8 Å². The van der Waals surface area contributed by atoms with E-state index in [0.29, 0.717) is 19.4 Å². The van der Waals surface area contributed by atoms with E-state index >= 15 is 0 Å². The van der Waals surface area contributed by atoms with Crippen LogP contribution in [0.4, 0.5) is 4.79 Å². The van der Waals surface area contributed by atoms with Gasteiger partial charge in [0, 0.05) is 6.54 Å². The highest BCUT2D eigenvalue weighted by molar-refractivity contribution is 6.67. The van der Waals surface area contributed by atoms with Gasteiger partial charge >= 0.3 is 6.09 Å². The van der Waals surface area contributed by atoms with Crippen molar-refractivity contribution in [2.24, 2.45) is 5.73 Å². The number of nitrogens with zero attached hydrogens (tertiary/aromatic N) is 1. The van der Waals surface area contributed by atoms with E-state index in [1.54, 1.807) is 0 Å². The Labute approximate surface area is 108 Å². The molecule has 0 spiro atoms. The molecule has 0 aromatic rings. The lowest BCUT2D eigenvalue weighted by molar-refractivity contribution is -0.121. The molecule has 1 aliphatic rings. The van der Waals surface area contributed by atoms with Crippen LogP contribution >= 0.6 is 34.8 Å². The molecule has 0 radical (unpaired) electrons. The summed E-state index contributed by atoms with van der Waals surface area (Å²) in [6.45, 7) is 0.0603. The lowest BCUT2D eigenvalue weighted by Crippen LogP contribution is -2.44. The minimum Gasteiger partial charge on any atom is -0.445 e. The van der Waals surface area contributed by atoms with Crippen LogP contribution in [0.5, 0.6) is 0 Å². The number of primary amides is 1. The Morgan fingerprint density at radius 1 is 1.44 bits per heavy atom. The average molecular weight is 290 g/mol. The number of hydrogen-bond donors (Lipinski definition) is 1. The highest BCUT2D eigenvalue weighted by Gasteiger charge is 2.34. The number of likely N-dealkylation sites (tertiary alicyclic amines) is 1. The molecule has 0 bridgehead atoms. The first kappa shape index (κ1) is 13.7. The fourth-order valence-corrected chi connectivity index (χ4v) is 1.67. The molecular formula is C8H11Cl3N2O3. The second kappa shape index (κ2) is 5.29. The first-order chi connectivity index (χ1) is 7.31. The molecule has 16 heavy (non-hydrogen) atoms. The van der Waals surface area contributed by atoms with Gasteiger partial charge in [-0.25, -0.2) is 4.79 Å². The molecular weight excluding hydrogens is 278 g/mol. The number of ether oxygens (including phenoxy) is 1. The molecule has 1 atom stereocenters. The van der Waals surface area contributed by atoms with E-state index in [2.05, 4.69) is 0 Å². The van der Waals surface area contributed by atoms with Crippen LogP contribution in [-0.4, -0.2) is 39.9 Å². The normalized spacial score (nSPS) is 20.9. The van der Waals surface area contributed by atoms with Crippen molar-refractivity contribution in [2.45, 2.75) is 22.7 Å². The first-order valence-electron chi connectivity index (χ1n) is 4.61. The third-order valence-corrected chi connectivity index (χ3v) is 2.50. The van der Waals surface area contributed by atoms with Gasteiger partial charge in [-0.15, -0.1) is 0 Å². The second-order valence-corrected chi connectivity index (χ2v) is 5.94. The van der Waals surface area contributed by atoms with Crippen molar-refractivity contribution in [1.29, 1.82) is 0 Å². The molecule has 92 valence electrons. The number of rotatable bonds is 2. The largest absolute Gasteiger partial charge is 0.445 e. The molecule has 1 fully saturated rings. The van der Waals surface area contributed by atoms with Gasteiger partial charge in [0.1, 0.15) is 12.6 Å². The Kier molecular flexibility index (Phi) is 4.52. The number of carbonyl (C=O) groups excluding carboxylic acids is 2. The van der Waals surface area contributed by atoms with Crippen LogP contribution in [0.3, 0.4) is 0 Å². The third kappa shape index (κ3) is 3.88. The Balaban J connectivity index is 2.50.